The smallest absolute Gasteiger partial charge is 0.277 e. The molecule has 0 saturated heterocycles. The SMILES string of the molecule is CC(C)(C)C(NC(=O)CCn1nnc2ccccc2c1=O)c1ccccc1. The highest BCUT2D eigenvalue weighted by Gasteiger charge is 2.27. The van der Waals surface area contributed by atoms with Gasteiger partial charge < -0.3 is 5.32 Å². The van der Waals surface area contributed by atoms with Crippen molar-refractivity contribution in [2.75, 3.05) is 0 Å². The molecular weight excluding hydrogens is 340 g/mol. The van der Waals surface area contributed by atoms with Gasteiger partial charge in [0.2, 0.25) is 5.91 Å². The van der Waals surface area contributed by atoms with E-state index in [1.807, 2.05) is 36.4 Å². The fourth-order valence-electron chi connectivity index (χ4n) is 3.06. The molecular formula is C21H24N4O2. The van der Waals surface area contributed by atoms with E-state index >= 15 is 0 Å². The highest BCUT2D eigenvalue weighted by molar-refractivity contribution is 5.77. The van der Waals surface area contributed by atoms with E-state index < -0.39 is 0 Å². The number of carbonyl (C=O) groups is 1. The average Bonchev–Trinajstić information content (AvgIpc) is 2.65. The van der Waals surface area contributed by atoms with Gasteiger partial charge in [0.25, 0.3) is 5.56 Å². The van der Waals surface area contributed by atoms with Gasteiger partial charge in [-0.2, -0.15) is 0 Å². The van der Waals surface area contributed by atoms with Crippen molar-refractivity contribution in [3.05, 3.63) is 70.5 Å². The molecule has 0 fully saturated rings. The first kappa shape index (κ1) is 18.8. The normalized spacial score (nSPS) is 12.7. The number of aromatic nitrogens is 3. The number of nitrogens with one attached hydrogen (secondary N) is 1. The Morgan fingerprint density at radius 3 is 2.44 bits per heavy atom. The summed E-state index contributed by atoms with van der Waals surface area (Å²) >= 11 is 0. The molecule has 6 heteroatoms. The third-order valence-corrected chi connectivity index (χ3v) is 4.48. The molecule has 1 unspecified atom stereocenters. The van der Waals surface area contributed by atoms with E-state index in [4.69, 9.17) is 0 Å². The van der Waals surface area contributed by atoms with Gasteiger partial charge in [-0.1, -0.05) is 68.4 Å². The second kappa shape index (κ2) is 7.70. The molecule has 0 aliphatic carbocycles. The summed E-state index contributed by atoms with van der Waals surface area (Å²) in [5.41, 5.74) is 1.24. The molecule has 0 bridgehead atoms. The Balaban J connectivity index is 1.72. The summed E-state index contributed by atoms with van der Waals surface area (Å²) in [4.78, 5) is 25.0. The highest BCUT2D eigenvalue weighted by Crippen LogP contribution is 2.32. The number of benzene rings is 2. The minimum absolute atomic E-state index is 0.120. The summed E-state index contributed by atoms with van der Waals surface area (Å²) in [5, 5.41) is 11.6. The van der Waals surface area contributed by atoms with Crippen molar-refractivity contribution in [2.24, 2.45) is 5.41 Å². The number of nitrogens with zero attached hydrogens (tertiary/aromatic N) is 3. The van der Waals surface area contributed by atoms with E-state index in [1.54, 1.807) is 18.2 Å². The van der Waals surface area contributed by atoms with Crippen LogP contribution in [0, 0.1) is 5.41 Å². The maximum Gasteiger partial charge on any atom is 0.277 e. The van der Waals surface area contributed by atoms with Crippen LogP contribution < -0.4 is 10.9 Å². The lowest BCUT2D eigenvalue weighted by atomic mass is 9.82. The van der Waals surface area contributed by atoms with Crippen LogP contribution in [0.2, 0.25) is 0 Å². The van der Waals surface area contributed by atoms with E-state index in [9.17, 15) is 9.59 Å². The largest absolute Gasteiger partial charge is 0.349 e. The van der Waals surface area contributed by atoms with Gasteiger partial charge in [-0.15, -0.1) is 5.10 Å². The molecule has 1 N–H and O–H groups in total. The zero-order valence-corrected chi connectivity index (χ0v) is 15.8. The van der Waals surface area contributed by atoms with E-state index in [0.29, 0.717) is 10.9 Å². The fraction of sp³-hybridized carbons (Fsp3) is 0.333. The molecule has 3 rings (SSSR count). The van der Waals surface area contributed by atoms with Crippen molar-refractivity contribution in [1.29, 1.82) is 0 Å². The van der Waals surface area contributed by atoms with Crippen LogP contribution in [0.25, 0.3) is 10.9 Å². The topological polar surface area (TPSA) is 76.9 Å². The first-order valence-electron chi connectivity index (χ1n) is 9.03. The minimum Gasteiger partial charge on any atom is -0.349 e. The third-order valence-electron chi connectivity index (χ3n) is 4.48. The summed E-state index contributed by atoms with van der Waals surface area (Å²) < 4.78 is 1.25. The van der Waals surface area contributed by atoms with Crippen molar-refractivity contribution in [3.63, 3.8) is 0 Å². The van der Waals surface area contributed by atoms with Gasteiger partial charge in [0.15, 0.2) is 0 Å². The van der Waals surface area contributed by atoms with Crippen LogP contribution >= 0.6 is 0 Å². The first-order valence-corrected chi connectivity index (χ1v) is 9.03. The second-order valence-corrected chi connectivity index (χ2v) is 7.66. The van der Waals surface area contributed by atoms with Crippen LogP contribution in [0.5, 0.6) is 0 Å². The molecule has 1 amide bonds. The molecule has 0 aliphatic rings. The monoisotopic (exact) mass is 364 g/mol. The number of rotatable bonds is 5. The molecule has 2 aromatic carbocycles. The molecule has 0 aliphatic heterocycles. The molecule has 6 nitrogen and oxygen atoms in total. The maximum atomic E-state index is 12.5. The quantitative estimate of drug-likeness (QED) is 0.755. The van der Waals surface area contributed by atoms with Crippen LogP contribution in [-0.4, -0.2) is 20.9 Å². The summed E-state index contributed by atoms with van der Waals surface area (Å²) in [7, 11) is 0. The number of amides is 1. The van der Waals surface area contributed by atoms with Crippen LogP contribution in [0.1, 0.15) is 38.8 Å². The fourth-order valence-corrected chi connectivity index (χ4v) is 3.06. The Kier molecular flexibility index (Phi) is 5.35. The molecule has 0 radical (unpaired) electrons. The molecule has 0 saturated carbocycles. The molecule has 27 heavy (non-hydrogen) atoms. The predicted octanol–water partition coefficient (Wildman–Crippen LogP) is 3.09. The molecule has 140 valence electrons. The number of aryl methyl sites for hydroxylation is 1. The molecule has 1 aromatic heterocycles. The lowest BCUT2D eigenvalue weighted by Gasteiger charge is -2.32. The van der Waals surface area contributed by atoms with Crippen molar-refractivity contribution >= 4 is 16.8 Å². The molecule has 3 aromatic rings. The van der Waals surface area contributed by atoms with Gasteiger partial charge in [-0.3, -0.25) is 9.59 Å². The van der Waals surface area contributed by atoms with Gasteiger partial charge in [-0.05, 0) is 23.1 Å². The zero-order valence-electron chi connectivity index (χ0n) is 15.8. The van der Waals surface area contributed by atoms with Crippen molar-refractivity contribution in [3.8, 4) is 0 Å². The van der Waals surface area contributed by atoms with Crippen molar-refractivity contribution in [2.45, 2.75) is 39.8 Å². The summed E-state index contributed by atoms with van der Waals surface area (Å²) in [6.45, 7) is 6.45. The standard InChI is InChI=1S/C21H24N4O2/c1-21(2,3)19(15-9-5-4-6-10-15)22-18(26)13-14-25-20(27)16-11-7-8-12-17(16)23-24-25/h4-12,19H,13-14H2,1-3H3,(H,22,26). The Hall–Kier alpha value is -3.02. The van der Waals surface area contributed by atoms with Gasteiger partial charge in [0.05, 0.1) is 18.0 Å². The minimum atomic E-state index is -0.233. The second-order valence-electron chi connectivity index (χ2n) is 7.66. The van der Waals surface area contributed by atoms with E-state index in [1.165, 1.54) is 4.68 Å². The average molecular weight is 364 g/mol. The molecule has 0 spiro atoms. The summed E-state index contributed by atoms with van der Waals surface area (Å²) in [6.07, 6.45) is 0.159. The van der Waals surface area contributed by atoms with Gasteiger partial charge in [0, 0.05) is 6.42 Å². The third kappa shape index (κ3) is 4.39. The van der Waals surface area contributed by atoms with Gasteiger partial charge >= 0.3 is 0 Å². The lowest BCUT2D eigenvalue weighted by Crippen LogP contribution is -2.37. The Morgan fingerprint density at radius 2 is 1.74 bits per heavy atom. The van der Waals surface area contributed by atoms with Gasteiger partial charge in [0.1, 0.15) is 5.52 Å². The van der Waals surface area contributed by atoms with E-state index in [2.05, 4.69) is 36.4 Å². The summed E-state index contributed by atoms with van der Waals surface area (Å²) in [5.74, 6) is -0.124. The predicted molar refractivity (Wildman–Crippen MR) is 105 cm³/mol. The van der Waals surface area contributed by atoms with Crippen LogP contribution in [0.15, 0.2) is 59.4 Å². The number of hydrogen-bond acceptors (Lipinski definition) is 4. The molecule has 1 atom stereocenters. The van der Waals surface area contributed by atoms with Crippen LogP contribution in [0.4, 0.5) is 0 Å². The lowest BCUT2D eigenvalue weighted by molar-refractivity contribution is -0.122. The van der Waals surface area contributed by atoms with Crippen molar-refractivity contribution in [1.82, 2.24) is 20.3 Å². The Labute approximate surface area is 158 Å². The number of carbonyl (C=O) groups excluding carboxylic acids is 1. The Morgan fingerprint density at radius 1 is 1.07 bits per heavy atom. The number of hydrogen-bond donors (Lipinski definition) is 1. The maximum absolute atomic E-state index is 12.5. The highest BCUT2D eigenvalue weighted by atomic mass is 16.2. The van der Waals surface area contributed by atoms with E-state index in [-0.39, 0.29) is 35.9 Å². The van der Waals surface area contributed by atoms with Crippen LogP contribution in [-0.2, 0) is 11.3 Å². The first-order chi connectivity index (χ1) is 12.9. The van der Waals surface area contributed by atoms with Crippen molar-refractivity contribution < 1.29 is 4.79 Å². The Bertz CT molecular complexity index is 990. The van der Waals surface area contributed by atoms with Crippen LogP contribution in [0.3, 0.4) is 0 Å². The molecule has 1 heterocycles. The zero-order chi connectivity index (χ0) is 19.4. The van der Waals surface area contributed by atoms with Gasteiger partial charge in [-0.25, -0.2) is 4.68 Å². The van der Waals surface area contributed by atoms with E-state index in [0.717, 1.165) is 5.56 Å². The summed E-state index contributed by atoms with van der Waals surface area (Å²) in [6, 6.07) is 16.8. The number of fused-ring (bicyclic) bond motifs is 1.